The van der Waals surface area contributed by atoms with Gasteiger partial charge in [-0.2, -0.15) is 4.31 Å². The average molecular weight is 459 g/mol. The van der Waals surface area contributed by atoms with E-state index in [0.29, 0.717) is 30.0 Å². The molecule has 0 saturated carbocycles. The van der Waals surface area contributed by atoms with Gasteiger partial charge in [-0.3, -0.25) is 4.79 Å². The normalized spacial score (nSPS) is 14.8. The van der Waals surface area contributed by atoms with Crippen LogP contribution in [0.5, 0.6) is 5.75 Å². The zero-order chi connectivity index (χ0) is 23.1. The summed E-state index contributed by atoms with van der Waals surface area (Å²) in [5.41, 5.74) is 1.38. The second-order valence-corrected chi connectivity index (χ2v) is 9.20. The fraction of sp³-hybridized carbons (Fsp3) is 0.304. The van der Waals surface area contributed by atoms with Crippen molar-refractivity contribution < 1.29 is 27.5 Å². The van der Waals surface area contributed by atoms with Gasteiger partial charge in [0, 0.05) is 19.2 Å². The summed E-state index contributed by atoms with van der Waals surface area (Å²) in [5.74, 6) is -0.538. The number of amides is 1. The van der Waals surface area contributed by atoms with Gasteiger partial charge < -0.3 is 14.8 Å². The van der Waals surface area contributed by atoms with E-state index in [1.165, 1.54) is 42.8 Å². The Morgan fingerprint density at radius 2 is 1.69 bits per heavy atom. The first-order valence-corrected chi connectivity index (χ1v) is 11.6. The van der Waals surface area contributed by atoms with Crippen LogP contribution in [0.25, 0.3) is 6.08 Å². The Bertz CT molecular complexity index is 1100. The summed E-state index contributed by atoms with van der Waals surface area (Å²) in [6, 6.07) is 11.0. The summed E-state index contributed by atoms with van der Waals surface area (Å²) in [6.07, 6.45) is 5.60. The van der Waals surface area contributed by atoms with Crippen molar-refractivity contribution in [3.63, 3.8) is 0 Å². The standard InChI is InChI=1S/C23H26N2O6S/c1-30-21-12-11-19(32(28,29)25-14-4-3-5-15-25)16-20(21)24-22(26)13-8-17-6-9-18(10-7-17)23(27)31-2/h6-13,16H,3-5,14-15H2,1-2H3,(H,24,26)/b13-8+. The number of piperidine rings is 1. The molecule has 170 valence electrons. The number of hydrogen-bond acceptors (Lipinski definition) is 6. The fourth-order valence-corrected chi connectivity index (χ4v) is 4.94. The van der Waals surface area contributed by atoms with Gasteiger partial charge >= 0.3 is 5.97 Å². The molecule has 0 aliphatic carbocycles. The second kappa shape index (κ2) is 10.4. The van der Waals surface area contributed by atoms with Crippen molar-refractivity contribution in [2.45, 2.75) is 24.2 Å². The molecule has 0 bridgehead atoms. The molecule has 0 radical (unpaired) electrons. The molecule has 1 heterocycles. The monoisotopic (exact) mass is 458 g/mol. The van der Waals surface area contributed by atoms with Crippen molar-refractivity contribution in [1.82, 2.24) is 4.31 Å². The van der Waals surface area contributed by atoms with E-state index >= 15 is 0 Å². The molecule has 3 rings (SSSR count). The summed E-state index contributed by atoms with van der Waals surface area (Å²) in [7, 11) is -0.889. The summed E-state index contributed by atoms with van der Waals surface area (Å²) in [4.78, 5) is 24.1. The molecule has 8 nitrogen and oxygen atoms in total. The van der Waals surface area contributed by atoms with Gasteiger partial charge in [0.05, 0.1) is 30.4 Å². The van der Waals surface area contributed by atoms with E-state index in [1.807, 2.05) is 0 Å². The van der Waals surface area contributed by atoms with E-state index in [4.69, 9.17) is 4.74 Å². The predicted molar refractivity (Wildman–Crippen MR) is 121 cm³/mol. The molecular formula is C23H26N2O6S. The van der Waals surface area contributed by atoms with E-state index in [0.717, 1.165) is 19.3 Å². The van der Waals surface area contributed by atoms with Gasteiger partial charge in [0.1, 0.15) is 5.75 Å². The third kappa shape index (κ3) is 5.54. The highest BCUT2D eigenvalue weighted by Gasteiger charge is 2.26. The quantitative estimate of drug-likeness (QED) is 0.505. The number of benzene rings is 2. The molecule has 0 atom stereocenters. The predicted octanol–water partition coefficient (Wildman–Crippen LogP) is 3.31. The SMILES string of the molecule is COC(=O)c1ccc(/C=C/C(=O)Nc2cc(S(=O)(=O)N3CCCCC3)ccc2OC)cc1. The van der Waals surface area contributed by atoms with Crippen molar-refractivity contribution in [3.05, 3.63) is 59.7 Å². The molecule has 1 fully saturated rings. The lowest BCUT2D eigenvalue weighted by Crippen LogP contribution is -2.35. The van der Waals surface area contributed by atoms with Crippen LogP contribution in [-0.4, -0.2) is 51.9 Å². The molecule has 0 spiro atoms. The number of nitrogens with one attached hydrogen (secondary N) is 1. The third-order valence-corrected chi connectivity index (χ3v) is 7.04. The molecule has 1 aliphatic rings. The van der Waals surface area contributed by atoms with Gasteiger partial charge in [-0.25, -0.2) is 13.2 Å². The van der Waals surface area contributed by atoms with E-state index in [-0.39, 0.29) is 10.6 Å². The van der Waals surface area contributed by atoms with Crippen LogP contribution >= 0.6 is 0 Å². The molecule has 2 aromatic rings. The molecule has 2 aromatic carbocycles. The van der Waals surface area contributed by atoms with Gasteiger partial charge in [0.25, 0.3) is 0 Å². The van der Waals surface area contributed by atoms with Crippen LogP contribution in [0, 0.1) is 0 Å². The van der Waals surface area contributed by atoms with Gasteiger partial charge in [-0.15, -0.1) is 0 Å². The van der Waals surface area contributed by atoms with Gasteiger partial charge in [-0.05, 0) is 54.8 Å². The largest absolute Gasteiger partial charge is 0.495 e. The Kier molecular flexibility index (Phi) is 7.66. The lowest BCUT2D eigenvalue weighted by molar-refractivity contribution is -0.111. The van der Waals surface area contributed by atoms with Crippen LogP contribution < -0.4 is 10.1 Å². The minimum Gasteiger partial charge on any atom is -0.495 e. The first-order chi connectivity index (χ1) is 15.3. The number of esters is 1. The topological polar surface area (TPSA) is 102 Å². The van der Waals surface area contributed by atoms with Crippen LogP contribution in [-0.2, 0) is 19.6 Å². The highest BCUT2D eigenvalue weighted by Crippen LogP contribution is 2.30. The maximum atomic E-state index is 13.0. The first-order valence-electron chi connectivity index (χ1n) is 10.2. The minimum absolute atomic E-state index is 0.109. The molecule has 1 aliphatic heterocycles. The Morgan fingerprint density at radius 1 is 1.00 bits per heavy atom. The number of ether oxygens (including phenoxy) is 2. The van der Waals surface area contributed by atoms with Crippen LogP contribution in [0.15, 0.2) is 53.4 Å². The number of sulfonamides is 1. The smallest absolute Gasteiger partial charge is 0.337 e. The summed E-state index contributed by atoms with van der Waals surface area (Å²) in [5, 5.41) is 2.68. The van der Waals surface area contributed by atoms with E-state index in [9.17, 15) is 18.0 Å². The molecule has 0 aromatic heterocycles. The minimum atomic E-state index is -3.64. The van der Waals surface area contributed by atoms with Gasteiger partial charge in [-0.1, -0.05) is 18.6 Å². The first kappa shape index (κ1) is 23.5. The van der Waals surface area contributed by atoms with Crippen LogP contribution in [0.4, 0.5) is 5.69 Å². The molecule has 1 saturated heterocycles. The summed E-state index contributed by atoms with van der Waals surface area (Å²) in [6.45, 7) is 0.987. The fourth-order valence-electron chi connectivity index (χ4n) is 3.39. The van der Waals surface area contributed by atoms with Crippen molar-refractivity contribution in [1.29, 1.82) is 0 Å². The van der Waals surface area contributed by atoms with Crippen molar-refractivity contribution in [3.8, 4) is 5.75 Å². The molecular weight excluding hydrogens is 432 g/mol. The number of carbonyl (C=O) groups is 2. The number of rotatable bonds is 7. The Morgan fingerprint density at radius 3 is 2.31 bits per heavy atom. The molecule has 0 unspecified atom stereocenters. The Labute approximate surface area is 187 Å². The zero-order valence-electron chi connectivity index (χ0n) is 18.0. The number of hydrogen-bond donors (Lipinski definition) is 1. The maximum absolute atomic E-state index is 13.0. The molecule has 1 N–H and O–H groups in total. The van der Waals surface area contributed by atoms with Gasteiger partial charge in [0.2, 0.25) is 15.9 Å². The third-order valence-electron chi connectivity index (χ3n) is 5.14. The number of methoxy groups -OCH3 is 2. The van der Waals surface area contributed by atoms with E-state index in [1.54, 1.807) is 30.3 Å². The molecule has 1 amide bonds. The van der Waals surface area contributed by atoms with Crippen molar-refractivity contribution in [2.24, 2.45) is 0 Å². The van der Waals surface area contributed by atoms with Crippen LogP contribution in [0.3, 0.4) is 0 Å². The zero-order valence-corrected chi connectivity index (χ0v) is 18.9. The summed E-state index contributed by atoms with van der Waals surface area (Å²) >= 11 is 0. The van der Waals surface area contributed by atoms with Crippen molar-refractivity contribution in [2.75, 3.05) is 32.6 Å². The van der Waals surface area contributed by atoms with E-state index < -0.39 is 21.9 Å². The second-order valence-electron chi connectivity index (χ2n) is 7.26. The number of anilines is 1. The van der Waals surface area contributed by atoms with Crippen LogP contribution in [0.2, 0.25) is 0 Å². The summed E-state index contributed by atoms with van der Waals surface area (Å²) < 4.78 is 37.3. The van der Waals surface area contributed by atoms with Crippen LogP contribution in [0.1, 0.15) is 35.2 Å². The van der Waals surface area contributed by atoms with Gasteiger partial charge in [0.15, 0.2) is 0 Å². The highest BCUT2D eigenvalue weighted by atomic mass is 32.2. The average Bonchev–Trinajstić information content (AvgIpc) is 2.83. The maximum Gasteiger partial charge on any atom is 0.337 e. The Hall–Kier alpha value is -3.17. The van der Waals surface area contributed by atoms with Crippen molar-refractivity contribution >= 4 is 33.7 Å². The lowest BCUT2D eigenvalue weighted by Gasteiger charge is -2.26. The highest BCUT2D eigenvalue weighted by molar-refractivity contribution is 7.89. The number of nitrogens with zero attached hydrogens (tertiary/aromatic N) is 1. The lowest BCUT2D eigenvalue weighted by atomic mass is 10.1. The Balaban J connectivity index is 1.75. The molecule has 9 heteroatoms. The van der Waals surface area contributed by atoms with E-state index in [2.05, 4.69) is 10.1 Å². The molecule has 32 heavy (non-hydrogen) atoms. The number of carbonyl (C=O) groups excluding carboxylic acids is 2.